The Labute approximate surface area is 115 Å². The van der Waals surface area contributed by atoms with E-state index in [2.05, 4.69) is 0 Å². The monoisotopic (exact) mass is 306 g/mol. The fourth-order valence-corrected chi connectivity index (χ4v) is 1.31. The number of carbonyl (C=O) groups excluding carboxylic acids is 1. The summed E-state index contributed by atoms with van der Waals surface area (Å²) in [6, 6.07) is -1.77. The molecule has 0 spiro atoms. The number of anilines is 1. The molecular formula is C11H9F3N2O5. The Morgan fingerprint density at radius 3 is 2.24 bits per heavy atom. The third-order valence-corrected chi connectivity index (χ3v) is 2.27. The van der Waals surface area contributed by atoms with Crippen LogP contribution in [0.2, 0.25) is 0 Å². The predicted octanol–water partition coefficient (Wildman–Crippen LogP) is 1.15. The van der Waals surface area contributed by atoms with Crippen molar-refractivity contribution < 1.29 is 37.8 Å². The highest BCUT2D eigenvalue weighted by Crippen LogP contribution is 2.19. The van der Waals surface area contributed by atoms with Crippen molar-refractivity contribution >= 4 is 23.7 Å². The number of benzene rings is 1. The number of rotatable bonds is 5. The zero-order valence-corrected chi connectivity index (χ0v) is 10.2. The van der Waals surface area contributed by atoms with Gasteiger partial charge in [-0.1, -0.05) is 0 Å². The van der Waals surface area contributed by atoms with Crippen molar-refractivity contribution in [3.8, 4) is 0 Å². The number of amides is 2. The summed E-state index contributed by atoms with van der Waals surface area (Å²) in [4.78, 5) is 32.5. The van der Waals surface area contributed by atoms with Crippen LogP contribution >= 0.6 is 0 Å². The van der Waals surface area contributed by atoms with Crippen molar-refractivity contribution in [1.29, 1.82) is 0 Å². The van der Waals surface area contributed by atoms with Gasteiger partial charge in [0.25, 0.3) is 0 Å². The van der Waals surface area contributed by atoms with Gasteiger partial charge in [0.2, 0.25) is 0 Å². The normalized spacial score (nSPS) is 11.6. The summed E-state index contributed by atoms with van der Waals surface area (Å²) in [5, 5.41) is 20.6. The summed E-state index contributed by atoms with van der Waals surface area (Å²) in [6.07, 6.45) is -0.914. The van der Waals surface area contributed by atoms with Crippen LogP contribution in [0.1, 0.15) is 6.42 Å². The maximum atomic E-state index is 13.3. The molecule has 7 nitrogen and oxygen atoms in total. The Morgan fingerprint density at radius 1 is 1.10 bits per heavy atom. The molecular weight excluding hydrogens is 297 g/mol. The van der Waals surface area contributed by atoms with Crippen molar-refractivity contribution in [2.75, 3.05) is 5.32 Å². The van der Waals surface area contributed by atoms with E-state index >= 15 is 0 Å². The molecule has 1 unspecified atom stereocenters. The second-order valence-electron chi connectivity index (χ2n) is 3.81. The van der Waals surface area contributed by atoms with Crippen LogP contribution in [0.25, 0.3) is 0 Å². The Bertz CT molecular complexity index is 593. The highest BCUT2D eigenvalue weighted by atomic mass is 19.2. The molecule has 2 amide bonds. The molecule has 0 saturated heterocycles. The summed E-state index contributed by atoms with van der Waals surface area (Å²) in [5.41, 5.74) is -0.731. The Balaban J connectivity index is 2.79. The summed E-state index contributed by atoms with van der Waals surface area (Å²) in [5.74, 6) is -8.06. The summed E-state index contributed by atoms with van der Waals surface area (Å²) < 4.78 is 38.8. The molecule has 1 aromatic carbocycles. The molecule has 1 atom stereocenters. The minimum absolute atomic E-state index is 0.556. The Hall–Kier alpha value is -2.78. The molecule has 0 aliphatic carbocycles. The van der Waals surface area contributed by atoms with Gasteiger partial charge in [0, 0.05) is 0 Å². The zero-order chi connectivity index (χ0) is 16.2. The fraction of sp³-hybridized carbons (Fsp3) is 0.182. The van der Waals surface area contributed by atoms with Crippen molar-refractivity contribution in [3.05, 3.63) is 29.6 Å². The van der Waals surface area contributed by atoms with Gasteiger partial charge in [0.1, 0.15) is 6.04 Å². The first-order valence-corrected chi connectivity index (χ1v) is 5.38. The van der Waals surface area contributed by atoms with Gasteiger partial charge >= 0.3 is 18.0 Å². The first-order valence-electron chi connectivity index (χ1n) is 5.38. The molecule has 0 heterocycles. The molecule has 1 aromatic rings. The van der Waals surface area contributed by atoms with Gasteiger partial charge in [-0.05, 0) is 12.1 Å². The lowest BCUT2D eigenvalue weighted by Crippen LogP contribution is -2.44. The van der Waals surface area contributed by atoms with E-state index in [1.165, 1.54) is 0 Å². The third kappa shape index (κ3) is 4.37. The fourth-order valence-electron chi connectivity index (χ4n) is 1.31. The van der Waals surface area contributed by atoms with E-state index in [0.29, 0.717) is 6.07 Å². The predicted molar refractivity (Wildman–Crippen MR) is 62.1 cm³/mol. The molecule has 0 fully saturated rings. The number of hydrogen-bond donors (Lipinski definition) is 4. The number of aliphatic carboxylic acids is 2. The van der Waals surface area contributed by atoms with Gasteiger partial charge in [0.05, 0.1) is 12.1 Å². The molecule has 10 heteroatoms. The van der Waals surface area contributed by atoms with Crippen LogP contribution in [0.3, 0.4) is 0 Å². The Morgan fingerprint density at radius 2 is 1.71 bits per heavy atom. The lowest BCUT2D eigenvalue weighted by Gasteiger charge is -2.13. The van der Waals surface area contributed by atoms with Crippen molar-refractivity contribution in [1.82, 2.24) is 5.32 Å². The standard InChI is InChI=1S/C11H9F3N2O5/c12-4-1-2-5(9(14)8(4)13)15-11(21)16-6(10(19)20)3-7(17)18/h1-2,6H,3H2,(H,17,18)(H,19,20)(H2,15,16,21). The number of halogens is 3. The van der Waals surface area contributed by atoms with E-state index in [1.807, 2.05) is 0 Å². The van der Waals surface area contributed by atoms with Gasteiger partial charge in [0.15, 0.2) is 17.5 Å². The largest absolute Gasteiger partial charge is 0.481 e. The smallest absolute Gasteiger partial charge is 0.326 e. The van der Waals surface area contributed by atoms with E-state index in [-0.39, 0.29) is 0 Å². The van der Waals surface area contributed by atoms with Gasteiger partial charge in [-0.3, -0.25) is 4.79 Å². The quantitative estimate of drug-likeness (QED) is 0.609. The first kappa shape index (κ1) is 16.3. The molecule has 1 rings (SSSR count). The molecule has 0 aliphatic heterocycles. The van der Waals surface area contributed by atoms with Crippen molar-refractivity contribution in [2.45, 2.75) is 12.5 Å². The molecule has 0 radical (unpaired) electrons. The van der Waals surface area contributed by atoms with Crippen molar-refractivity contribution in [3.63, 3.8) is 0 Å². The second kappa shape index (κ2) is 6.59. The third-order valence-electron chi connectivity index (χ3n) is 2.27. The molecule has 0 aromatic heterocycles. The van der Waals surface area contributed by atoms with Crippen LogP contribution in [0, 0.1) is 17.5 Å². The maximum Gasteiger partial charge on any atom is 0.326 e. The van der Waals surface area contributed by atoms with E-state index < -0.39 is 53.6 Å². The highest BCUT2D eigenvalue weighted by Gasteiger charge is 2.24. The molecule has 0 saturated carbocycles. The highest BCUT2D eigenvalue weighted by molar-refractivity contribution is 5.93. The maximum absolute atomic E-state index is 13.3. The second-order valence-corrected chi connectivity index (χ2v) is 3.81. The number of carboxylic acids is 2. The van der Waals surface area contributed by atoms with E-state index in [1.54, 1.807) is 10.6 Å². The van der Waals surface area contributed by atoms with Crippen LogP contribution < -0.4 is 10.6 Å². The van der Waals surface area contributed by atoms with E-state index in [9.17, 15) is 27.6 Å². The average Bonchev–Trinajstić information content (AvgIpc) is 2.38. The van der Waals surface area contributed by atoms with E-state index in [4.69, 9.17) is 10.2 Å². The van der Waals surface area contributed by atoms with E-state index in [0.717, 1.165) is 6.07 Å². The number of carbonyl (C=O) groups is 3. The SMILES string of the molecule is O=C(O)CC(NC(=O)Nc1ccc(F)c(F)c1F)C(=O)O. The van der Waals surface area contributed by atoms with Gasteiger partial charge in [-0.2, -0.15) is 0 Å². The molecule has 0 aliphatic rings. The van der Waals surface area contributed by atoms with Gasteiger partial charge in [-0.15, -0.1) is 0 Å². The van der Waals surface area contributed by atoms with Crippen molar-refractivity contribution in [2.24, 2.45) is 0 Å². The lowest BCUT2D eigenvalue weighted by atomic mass is 10.2. The summed E-state index contributed by atoms with van der Waals surface area (Å²) >= 11 is 0. The summed E-state index contributed by atoms with van der Waals surface area (Å²) in [6.45, 7) is 0. The average molecular weight is 306 g/mol. The van der Waals surface area contributed by atoms with Crippen LogP contribution in [0.5, 0.6) is 0 Å². The molecule has 114 valence electrons. The first-order chi connectivity index (χ1) is 9.72. The van der Waals surface area contributed by atoms with Crippen LogP contribution in [-0.4, -0.2) is 34.2 Å². The van der Waals surface area contributed by atoms with Crippen LogP contribution in [0.4, 0.5) is 23.7 Å². The number of carboxylic acid groups (broad SMARTS) is 2. The van der Waals surface area contributed by atoms with Crippen LogP contribution in [-0.2, 0) is 9.59 Å². The number of nitrogens with one attached hydrogen (secondary N) is 2. The zero-order valence-electron chi connectivity index (χ0n) is 10.2. The van der Waals surface area contributed by atoms with Crippen LogP contribution in [0.15, 0.2) is 12.1 Å². The minimum atomic E-state index is -1.81. The lowest BCUT2D eigenvalue weighted by molar-refractivity contribution is -0.145. The van der Waals surface area contributed by atoms with Gasteiger partial charge < -0.3 is 20.8 Å². The topological polar surface area (TPSA) is 116 Å². The van der Waals surface area contributed by atoms with Gasteiger partial charge in [-0.25, -0.2) is 22.8 Å². The number of urea groups is 1. The molecule has 21 heavy (non-hydrogen) atoms. The number of hydrogen-bond acceptors (Lipinski definition) is 3. The summed E-state index contributed by atoms with van der Waals surface area (Å²) in [7, 11) is 0. The molecule has 0 bridgehead atoms. The Kier molecular flexibility index (Phi) is 5.11. The molecule has 4 N–H and O–H groups in total. The minimum Gasteiger partial charge on any atom is -0.481 e.